The van der Waals surface area contributed by atoms with Crippen molar-refractivity contribution in [2.24, 2.45) is 0 Å². The molecule has 1 amide bonds. The Kier molecular flexibility index (Phi) is 7.74. The molecule has 1 fully saturated rings. The van der Waals surface area contributed by atoms with Crippen LogP contribution in [0.1, 0.15) is 49.9 Å². The number of amides is 1. The summed E-state index contributed by atoms with van der Waals surface area (Å²) in [5, 5.41) is 12.1. The average molecular weight is 467 g/mol. The lowest BCUT2D eigenvalue weighted by Gasteiger charge is -2.26. The van der Waals surface area contributed by atoms with Crippen LogP contribution in [0.3, 0.4) is 0 Å². The van der Waals surface area contributed by atoms with E-state index in [2.05, 4.69) is 15.2 Å². The van der Waals surface area contributed by atoms with Crippen LogP contribution in [0.15, 0.2) is 35.3 Å². The summed E-state index contributed by atoms with van der Waals surface area (Å²) in [5.41, 5.74) is 0.904. The van der Waals surface area contributed by atoms with E-state index in [4.69, 9.17) is 10.1 Å². The maximum absolute atomic E-state index is 13.3. The highest BCUT2D eigenvalue weighted by molar-refractivity contribution is 5.96. The second kappa shape index (κ2) is 10.9. The van der Waals surface area contributed by atoms with E-state index in [9.17, 15) is 9.59 Å². The molecule has 9 heteroatoms. The van der Waals surface area contributed by atoms with E-state index in [1.165, 1.54) is 29.7 Å². The second-order valence-electron chi connectivity index (χ2n) is 9.07. The molecule has 0 aromatic carbocycles. The minimum atomic E-state index is -0.339. The first-order valence-corrected chi connectivity index (χ1v) is 12.2. The lowest BCUT2D eigenvalue weighted by Crippen LogP contribution is -2.40. The van der Waals surface area contributed by atoms with Crippen LogP contribution in [-0.2, 0) is 11.3 Å². The Bertz CT molecular complexity index is 1270. The molecule has 182 valence electrons. The molecule has 34 heavy (non-hydrogen) atoms. The molecule has 0 radical (unpaired) electrons. The maximum atomic E-state index is 13.3. The van der Waals surface area contributed by atoms with Crippen molar-refractivity contribution in [1.82, 2.24) is 24.2 Å². The van der Waals surface area contributed by atoms with E-state index >= 15 is 0 Å². The third-order valence-corrected chi connectivity index (χ3v) is 6.20. The SMILES string of the molecule is CC(C)OCCCn1c(=N)c(C(=O)NCCN2CCCCC2)cc2c(=O)n3ccccc3nc21. The zero-order chi connectivity index (χ0) is 24.1. The molecule has 4 rings (SSSR count). The summed E-state index contributed by atoms with van der Waals surface area (Å²) in [6.45, 7) is 8.30. The molecular formula is C25H34N6O3. The normalized spacial score (nSPS) is 14.8. The van der Waals surface area contributed by atoms with Gasteiger partial charge in [0.25, 0.3) is 11.5 Å². The monoisotopic (exact) mass is 466 g/mol. The minimum Gasteiger partial charge on any atom is -0.379 e. The molecule has 0 bridgehead atoms. The number of fused-ring (bicyclic) bond motifs is 2. The smallest absolute Gasteiger partial charge is 0.267 e. The number of carbonyl (C=O) groups excluding carboxylic acids is 1. The van der Waals surface area contributed by atoms with E-state index in [-0.39, 0.29) is 28.6 Å². The van der Waals surface area contributed by atoms with Crippen LogP contribution in [0, 0.1) is 5.41 Å². The van der Waals surface area contributed by atoms with Crippen molar-refractivity contribution in [3.63, 3.8) is 0 Å². The number of hydrogen-bond donors (Lipinski definition) is 2. The number of aryl methyl sites for hydroxylation is 1. The largest absolute Gasteiger partial charge is 0.379 e. The predicted molar refractivity (Wildman–Crippen MR) is 131 cm³/mol. The number of likely N-dealkylation sites (tertiary alicyclic amines) is 1. The Labute approximate surface area is 198 Å². The molecule has 1 saturated heterocycles. The predicted octanol–water partition coefficient (Wildman–Crippen LogP) is 2.16. The van der Waals surface area contributed by atoms with Crippen LogP contribution in [0.25, 0.3) is 16.7 Å². The number of nitrogens with zero attached hydrogens (tertiary/aromatic N) is 4. The molecule has 3 aromatic heterocycles. The van der Waals surface area contributed by atoms with Gasteiger partial charge >= 0.3 is 0 Å². The molecule has 2 N–H and O–H groups in total. The van der Waals surface area contributed by atoms with Crippen LogP contribution < -0.4 is 16.4 Å². The molecule has 1 aliphatic heterocycles. The topological polar surface area (TPSA) is 105 Å². The van der Waals surface area contributed by atoms with Gasteiger partial charge in [0.1, 0.15) is 16.8 Å². The molecule has 0 atom stereocenters. The number of nitrogens with one attached hydrogen (secondary N) is 2. The Morgan fingerprint density at radius 2 is 2.00 bits per heavy atom. The summed E-state index contributed by atoms with van der Waals surface area (Å²) >= 11 is 0. The molecule has 0 unspecified atom stereocenters. The van der Waals surface area contributed by atoms with E-state index in [0.717, 1.165) is 19.6 Å². The van der Waals surface area contributed by atoms with Crippen molar-refractivity contribution < 1.29 is 9.53 Å². The fraction of sp³-hybridized carbons (Fsp3) is 0.520. The van der Waals surface area contributed by atoms with Gasteiger partial charge in [-0.2, -0.15) is 0 Å². The average Bonchev–Trinajstić information content (AvgIpc) is 2.83. The third kappa shape index (κ3) is 5.37. The van der Waals surface area contributed by atoms with Gasteiger partial charge in [0, 0.05) is 32.4 Å². The molecule has 0 saturated carbocycles. The van der Waals surface area contributed by atoms with Crippen molar-refractivity contribution in [2.75, 3.05) is 32.8 Å². The summed E-state index contributed by atoms with van der Waals surface area (Å²) in [6, 6.07) is 6.87. The highest BCUT2D eigenvalue weighted by Crippen LogP contribution is 2.11. The fourth-order valence-electron chi connectivity index (χ4n) is 4.43. The Balaban J connectivity index is 1.66. The van der Waals surface area contributed by atoms with Gasteiger partial charge in [0.15, 0.2) is 0 Å². The summed E-state index contributed by atoms with van der Waals surface area (Å²) in [6.07, 6.45) is 6.07. The molecule has 0 aliphatic carbocycles. The number of ether oxygens (including phenoxy) is 1. The molecule has 0 spiro atoms. The lowest BCUT2D eigenvalue weighted by atomic mass is 10.1. The van der Waals surface area contributed by atoms with Gasteiger partial charge < -0.3 is 19.5 Å². The van der Waals surface area contributed by atoms with Crippen LogP contribution in [0.2, 0.25) is 0 Å². The zero-order valence-corrected chi connectivity index (χ0v) is 20.0. The summed E-state index contributed by atoms with van der Waals surface area (Å²) in [5.74, 6) is -0.339. The molecule has 9 nitrogen and oxygen atoms in total. The van der Waals surface area contributed by atoms with Crippen LogP contribution in [-0.4, -0.2) is 63.6 Å². The van der Waals surface area contributed by atoms with E-state index in [0.29, 0.717) is 42.8 Å². The van der Waals surface area contributed by atoms with Crippen LogP contribution >= 0.6 is 0 Å². The number of carbonyl (C=O) groups is 1. The van der Waals surface area contributed by atoms with Gasteiger partial charge in [-0.25, -0.2) is 4.98 Å². The quantitative estimate of drug-likeness (QED) is 0.371. The minimum absolute atomic E-state index is 0.0553. The van der Waals surface area contributed by atoms with Crippen molar-refractivity contribution in [3.8, 4) is 0 Å². The van der Waals surface area contributed by atoms with E-state index in [1.54, 1.807) is 22.9 Å². The fourth-order valence-corrected chi connectivity index (χ4v) is 4.43. The van der Waals surface area contributed by atoms with E-state index < -0.39 is 0 Å². The lowest BCUT2D eigenvalue weighted by molar-refractivity contribution is 0.0748. The van der Waals surface area contributed by atoms with E-state index in [1.807, 2.05) is 19.9 Å². The maximum Gasteiger partial charge on any atom is 0.267 e. The van der Waals surface area contributed by atoms with Gasteiger partial charge in [0.05, 0.1) is 17.1 Å². The first-order chi connectivity index (χ1) is 16.5. The standard InChI is InChI=1S/C25H34N6O3/c1-18(2)34-16-8-14-31-22(26)19(24(32)27-10-15-29-11-5-3-6-12-29)17-20-23(31)28-21-9-4-7-13-30(21)25(20)33/h4,7,9,13,17-18,26H,3,5-6,8,10-12,14-16H2,1-2H3,(H,27,32). The van der Waals surface area contributed by atoms with Gasteiger partial charge in [-0.05, 0) is 64.4 Å². The Hall–Kier alpha value is -3.04. The van der Waals surface area contributed by atoms with Crippen LogP contribution in [0.4, 0.5) is 0 Å². The van der Waals surface area contributed by atoms with Gasteiger partial charge in [0.2, 0.25) is 0 Å². The first kappa shape index (κ1) is 24.1. The Morgan fingerprint density at radius 3 is 2.76 bits per heavy atom. The molecule has 3 aromatic rings. The number of rotatable bonds is 9. The number of hydrogen-bond acceptors (Lipinski definition) is 6. The molecule has 1 aliphatic rings. The number of piperidine rings is 1. The highest BCUT2D eigenvalue weighted by atomic mass is 16.5. The van der Waals surface area contributed by atoms with Gasteiger partial charge in [-0.1, -0.05) is 12.5 Å². The summed E-state index contributed by atoms with van der Waals surface area (Å²) < 4.78 is 8.78. The summed E-state index contributed by atoms with van der Waals surface area (Å²) in [7, 11) is 0. The van der Waals surface area contributed by atoms with Crippen molar-refractivity contribution >= 4 is 22.6 Å². The molecular weight excluding hydrogens is 432 g/mol. The van der Waals surface area contributed by atoms with Gasteiger partial charge in [-0.15, -0.1) is 0 Å². The Morgan fingerprint density at radius 1 is 1.21 bits per heavy atom. The zero-order valence-electron chi connectivity index (χ0n) is 20.0. The third-order valence-electron chi connectivity index (χ3n) is 6.20. The molecule has 4 heterocycles. The van der Waals surface area contributed by atoms with Crippen molar-refractivity contribution in [2.45, 2.75) is 52.2 Å². The van der Waals surface area contributed by atoms with Gasteiger partial charge in [-0.3, -0.25) is 19.4 Å². The second-order valence-corrected chi connectivity index (χ2v) is 9.07. The highest BCUT2D eigenvalue weighted by Gasteiger charge is 2.18. The van der Waals surface area contributed by atoms with Crippen molar-refractivity contribution in [3.05, 3.63) is 51.9 Å². The number of pyridine rings is 2. The van der Waals surface area contributed by atoms with Crippen LogP contribution in [0.5, 0.6) is 0 Å². The number of aromatic nitrogens is 3. The van der Waals surface area contributed by atoms with Crippen molar-refractivity contribution in [1.29, 1.82) is 5.41 Å². The first-order valence-electron chi connectivity index (χ1n) is 12.2. The summed E-state index contributed by atoms with van der Waals surface area (Å²) in [4.78, 5) is 33.3.